The summed E-state index contributed by atoms with van der Waals surface area (Å²) in [4.78, 5) is 4.43. The average Bonchev–Trinajstić information content (AvgIpc) is 2.97. The summed E-state index contributed by atoms with van der Waals surface area (Å²) < 4.78 is 5.34. The number of hydrogen-bond donors (Lipinski definition) is 0. The Balaban J connectivity index is 1.87. The van der Waals surface area contributed by atoms with E-state index in [1.165, 1.54) is 0 Å². The summed E-state index contributed by atoms with van der Waals surface area (Å²) in [5.41, 5.74) is 2.86. The molecule has 0 spiro atoms. The normalized spacial score (nSPS) is 10.2. The van der Waals surface area contributed by atoms with E-state index in [0.717, 1.165) is 16.7 Å². The molecule has 0 fully saturated rings. The first-order chi connectivity index (χ1) is 10.4. The topological polar surface area (TPSA) is 62.7 Å². The van der Waals surface area contributed by atoms with E-state index in [2.05, 4.69) is 16.2 Å². The van der Waals surface area contributed by atoms with Crippen LogP contribution in [0.3, 0.4) is 0 Å². The molecule has 0 radical (unpaired) electrons. The van der Waals surface area contributed by atoms with Crippen molar-refractivity contribution < 1.29 is 4.52 Å². The van der Waals surface area contributed by atoms with Gasteiger partial charge in [0.1, 0.15) is 0 Å². The third-order valence-electron chi connectivity index (χ3n) is 3.19. The van der Waals surface area contributed by atoms with Gasteiger partial charge in [-0.25, -0.2) is 0 Å². The first-order valence-electron chi connectivity index (χ1n) is 6.68. The van der Waals surface area contributed by atoms with Crippen LogP contribution in [0.25, 0.3) is 11.5 Å². The molecule has 4 heteroatoms. The van der Waals surface area contributed by atoms with Crippen molar-refractivity contribution in [3.05, 3.63) is 71.5 Å². The van der Waals surface area contributed by atoms with Gasteiger partial charge in [0.25, 0.3) is 5.89 Å². The van der Waals surface area contributed by atoms with E-state index in [9.17, 15) is 0 Å². The van der Waals surface area contributed by atoms with E-state index in [1.54, 1.807) is 0 Å². The predicted octanol–water partition coefficient (Wildman–Crippen LogP) is 3.39. The van der Waals surface area contributed by atoms with Crippen molar-refractivity contribution in [2.24, 2.45) is 0 Å². The van der Waals surface area contributed by atoms with Gasteiger partial charge in [0.2, 0.25) is 0 Å². The molecule has 3 rings (SSSR count). The number of aromatic nitrogens is 2. The van der Waals surface area contributed by atoms with Crippen LogP contribution in [-0.4, -0.2) is 10.1 Å². The molecule has 0 unspecified atom stereocenters. The van der Waals surface area contributed by atoms with Crippen LogP contribution in [-0.2, 0) is 12.8 Å². The zero-order chi connectivity index (χ0) is 14.5. The highest BCUT2D eigenvalue weighted by atomic mass is 16.5. The Morgan fingerprint density at radius 3 is 2.57 bits per heavy atom. The summed E-state index contributed by atoms with van der Waals surface area (Å²) in [5, 5.41) is 12.9. The molecular weight excluding hydrogens is 262 g/mol. The lowest BCUT2D eigenvalue weighted by Gasteiger charge is -2.00. The largest absolute Gasteiger partial charge is 0.334 e. The third-order valence-corrected chi connectivity index (χ3v) is 3.19. The van der Waals surface area contributed by atoms with Crippen LogP contribution >= 0.6 is 0 Å². The van der Waals surface area contributed by atoms with Gasteiger partial charge >= 0.3 is 0 Å². The van der Waals surface area contributed by atoms with Crippen LogP contribution in [0.2, 0.25) is 0 Å². The van der Waals surface area contributed by atoms with Gasteiger partial charge in [-0.1, -0.05) is 53.7 Å². The second kappa shape index (κ2) is 6.02. The molecule has 3 aromatic rings. The van der Waals surface area contributed by atoms with E-state index >= 15 is 0 Å². The summed E-state index contributed by atoms with van der Waals surface area (Å²) >= 11 is 0. The summed E-state index contributed by atoms with van der Waals surface area (Å²) in [6.45, 7) is 0. The molecule has 0 aliphatic carbocycles. The highest BCUT2D eigenvalue weighted by Gasteiger charge is 2.12. The van der Waals surface area contributed by atoms with Crippen molar-refractivity contribution in [1.29, 1.82) is 5.26 Å². The molecule has 0 aliphatic heterocycles. The summed E-state index contributed by atoms with van der Waals surface area (Å²) in [7, 11) is 0. The molecule has 21 heavy (non-hydrogen) atoms. The minimum atomic E-state index is 0.326. The van der Waals surface area contributed by atoms with Gasteiger partial charge in [-0.15, -0.1) is 0 Å². The Labute approximate surface area is 122 Å². The Kier molecular flexibility index (Phi) is 3.74. The molecule has 1 aromatic heterocycles. The molecule has 0 amide bonds. The van der Waals surface area contributed by atoms with Crippen LogP contribution in [0.1, 0.15) is 17.0 Å². The minimum Gasteiger partial charge on any atom is -0.334 e. The fraction of sp³-hybridized carbons (Fsp3) is 0.118. The van der Waals surface area contributed by atoms with E-state index in [1.807, 2.05) is 54.6 Å². The first kappa shape index (κ1) is 13.1. The molecule has 0 saturated carbocycles. The Morgan fingerprint density at radius 2 is 1.76 bits per heavy atom. The number of benzene rings is 2. The van der Waals surface area contributed by atoms with Gasteiger partial charge in [0.15, 0.2) is 5.82 Å². The summed E-state index contributed by atoms with van der Waals surface area (Å²) in [5.74, 6) is 1.11. The van der Waals surface area contributed by atoms with Gasteiger partial charge in [0.05, 0.1) is 12.5 Å². The van der Waals surface area contributed by atoms with E-state index in [-0.39, 0.29) is 0 Å². The van der Waals surface area contributed by atoms with Gasteiger partial charge in [-0.2, -0.15) is 10.2 Å². The van der Waals surface area contributed by atoms with Crippen molar-refractivity contribution in [3.63, 3.8) is 0 Å². The minimum absolute atomic E-state index is 0.326. The smallest absolute Gasteiger partial charge is 0.258 e. The standard InChI is InChI=1S/C17H13N3O/c18-11-10-14-8-4-5-9-15(14)17-19-16(20-21-17)12-13-6-2-1-3-7-13/h1-9H,10,12H2. The van der Waals surface area contributed by atoms with E-state index < -0.39 is 0 Å². The van der Waals surface area contributed by atoms with E-state index in [4.69, 9.17) is 9.78 Å². The quantitative estimate of drug-likeness (QED) is 0.732. The van der Waals surface area contributed by atoms with Crippen LogP contribution < -0.4 is 0 Å². The Bertz CT molecular complexity index is 772. The lowest BCUT2D eigenvalue weighted by molar-refractivity contribution is 0.423. The van der Waals surface area contributed by atoms with Crippen molar-refractivity contribution in [1.82, 2.24) is 10.1 Å². The molecule has 0 bridgehead atoms. The number of hydrogen-bond acceptors (Lipinski definition) is 4. The number of nitriles is 1. The SMILES string of the molecule is N#CCc1ccccc1-c1nc(Cc2ccccc2)no1. The molecule has 0 N–H and O–H groups in total. The second-order valence-corrected chi connectivity index (χ2v) is 4.67. The zero-order valence-electron chi connectivity index (χ0n) is 11.4. The van der Waals surface area contributed by atoms with Crippen molar-refractivity contribution >= 4 is 0 Å². The van der Waals surface area contributed by atoms with Crippen LogP contribution in [0.15, 0.2) is 59.1 Å². The Morgan fingerprint density at radius 1 is 1.00 bits per heavy atom. The number of rotatable bonds is 4. The van der Waals surface area contributed by atoms with Crippen molar-refractivity contribution in [2.75, 3.05) is 0 Å². The maximum absolute atomic E-state index is 8.87. The molecule has 4 nitrogen and oxygen atoms in total. The van der Waals surface area contributed by atoms with Gasteiger partial charge < -0.3 is 4.52 Å². The maximum atomic E-state index is 8.87. The monoisotopic (exact) mass is 275 g/mol. The third kappa shape index (κ3) is 2.98. The van der Waals surface area contributed by atoms with E-state index in [0.29, 0.717) is 24.6 Å². The predicted molar refractivity (Wildman–Crippen MR) is 78.3 cm³/mol. The van der Waals surface area contributed by atoms with Gasteiger partial charge in [0, 0.05) is 12.0 Å². The second-order valence-electron chi connectivity index (χ2n) is 4.67. The highest BCUT2D eigenvalue weighted by Crippen LogP contribution is 2.22. The summed E-state index contributed by atoms with van der Waals surface area (Å²) in [6.07, 6.45) is 0.956. The van der Waals surface area contributed by atoms with Crippen LogP contribution in [0.4, 0.5) is 0 Å². The molecular formula is C17H13N3O. The van der Waals surface area contributed by atoms with Crippen molar-refractivity contribution in [2.45, 2.75) is 12.8 Å². The number of nitrogens with zero attached hydrogens (tertiary/aromatic N) is 3. The van der Waals surface area contributed by atoms with Crippen LogP contribution in [0.5, 0.6) is 0 Å². The van der Waals surface area contributed by atoms with Crippen LogP contribution in [0, 0.1) is 11.3 Å². The molecule has 0 saturated heterocycles. The highest BCUT2D eigenvalue weighted by molar-refractivity contribution is 5.59. The van der Waals surface area contributed by atoms with Gasteiger partial charge in [-0.3, -0.25) is 0 Å². The van der Waals surface area contributed by atoms with Gasteiger partial charge in [-0.05, 0) is 17.2 Å². The molecule has 2 aromatic carbocycles. The Hall–Kier alpha value is -2.93. The molecule has 0 aliphatic rings. The molecule has 0 atom stereocenters. The first-order valence-corrected chi connectivity index (χ1v) is 6.68. The van der Waals surface area contributed by atoms with Crippen molar-refractivity contribution in [3.8, 4) is 17.5 Å². The summed E-state index contributed by atoms with van der Waals surface area (Å²) in [6, 6.07) is 19.7. The average molecular weight is 275 g/mol. The lowest BCUT2D eigenvalue weighted by Crippen LogP contribution is -1.91. The maximum Gasteiger partial charge on any atom is 0.258 e. The zero-order valence-corrected chi connectivity index (χ0v) is 11.4. The molecule has 102 valence electrons. The molecule has 1 heterocycles. The fourth-order valence-corrected chi connectivity index (χ4v) is 2.18. The fourth-order valence-electron chi connectivity index (χ4n) is 2.18. The lowest BCUT2D eigenvalue weighted by atomic mass is 10.1.